The second-order valence-electron chi connectivity index (χ2n) is 7.74. The molecule has 2 fully saturated rings. The van der Waals surface area contributed by atoms with E-state index in [1.165, 1.54) is 31.4 Å². The Morgan fingerprint density at radius 1 is 1.23 bits per heavy atom. The molecule has 1 N–H and O–H groups in total. The van der Waals surface area contributed by atoms with Crippen LogP contribution >= 0.6 is 0 Å². The highest BCUT2D eigenvalue weighted by atomic mass is 16.5. The van der Waals surface area contributed by atoms with Crippen LogP contribution in [0.15, 0.2) is 12.7 Å². The van der Waals surface area contributed by atoms with Gasteiger partial charge in [-0.3, -0.25) is 9.48 Å². The first-order chi connectivity index (χ1) is 12.8. The van der Waals surface area contributed by atoms with Crippen molar-refractivity contribution in [3.8, 4) is 0 Å². The summed E-state index contributed by atoms with van der Waals surface area (Å²) < 4.78 is 7.38. The predicted molar refractivity (Wildman–Crippen MR) is 100 cm³/mol. The van der Waals surface area contributed by atoms with Gasteiger partial charge in [0.1, 0.15) is 0 Å². The summed E-state index contributed by atoms with van der Waals surface area (Å²) in [6.45, 7) is 7.07. The highest BCUT2D eigenvalue weighted by molar-refractivity contribution is 5.94. The molecule has 2 aliphatic carbocycles. The molecule has 26 heavy (non-hydrogen) atoms. The van der Waals surface area contributed by atoms with Gasteiger partial charge in [-0.25, -0.2) is 0 Å². The van der Waals surface area contributed by atoms with Crippen LogP contribution < -0.4 is 5.32 Å². The molecule has 6 heteroatoms. The number of allylic oxidation sites excluding steroid dienone is 1. The summed E-state index contributed by atoms with van der Waals surface area (Å²) >= 11 is 0. The molecular formula is C20H30N4O2. The van der Waals surface area contributed by atoms with Gasteiger partial charge in [-0.2, -0.15) is 5.10 Å². The molecule has 0 radical (unpaired) electrons. The third-order valence-electron chi connectivity index (χ3n) is 5.98. The third kappa shape index (κ3) is 3.58. The highest BCUT2D eigenvalue weighted by Crippen LogP contribution is 2.28. The lowest BCUT2D eigenvalue weighted by Gasteiger charge is -2.29. The van der Waals surface area contributed by atoms with E-state index in [0.29, 0.717) is 50.6 Å². The van der Waals surface area contributed by atoms with Crippen LogP contribution in [0.2, 0.25) is 0 Å². The number of aromatic nitrogens is 2. The summed E-state index contributed by atoms with van der Waals surface area (Å²) in [6.07, 6.45) is 10.1. The van der Waals surface area contributed by atoms with E-state index in [4.69, 9.17) is 9.84 Å². The Balaban J connectivity index is 1.56. The van der Waals surface area contributed by atoms with Crippen LogP contribution in [0.25, 0.3) is 0 Å². The smallest absolute Gasteiger partial charge is 0.274 e. The molecular weight excluding hydrogens is 328 g/mol. The molecule has 4 rings (SSSR count). The van der Waals surface area contributed by atoms with Gasteiger partial charge in [0.05, 0.1) is 19.8 Å². The molecule has 1 aromatic heterocycles. The zero-order valence-electron chi connectivity index (χ0n) is 15.6. The van der Waals surface area contributed by atoms with Crippen molar-refractivity contribution in [2.75, 3.05) is 26.3 Å². The lowest BCUT2D eigenvalue weighted by Crippen LogP contribution is -2.42. The van der Waals surface area contributed by atoms with E-state index >= 15 is 0 Å². The molecule has 1 aliphatic heterocycles. The average Bonchev–Trinajstić information content (AvgIpc) is 3.30. The Labute approximate surface area is 155 Å². The minimum atomic E-state index is 0.0638. The van der Waals surface area contributed by atoms with E-state index in [9.17, 15) is 4.79 Å². The van der Waals surface area contributed by atoms with Crippen molar-refractivity contribution in [1.29, 1.82) is 0 Å². The zero-order chi connectivity index (χ0) is 17.9. The van der Waals surface area contributed by atoms with Crippen LogP contribution in [0.4, 0.5) is 0 Å². The Kier molecular flexibility index (Phi) is 5.41. The molecule has 0 bridgehead atoms. The molecule has 1 aromatic rings. The molecule has 1 atom stereocenters. The summed E-state index contributed by atoms with van der Waals surface area (Å²) in [5.41, 5.74) is 3.04. The van der Waals surface area contributed by atoms with Crippen LogP contribution in [-0.4, -0.2) is 59.0 Å². The molecule has 1 unspecified atom stereocenters. The van der Waals surface area contributed by atoms with Gasteiger partial charge in [-0.1, -0.05) is 18.9 Å². The number of fused-ring (bicyclic) bond motifs is 1. The topological polar surface area (TPSA) is 59.4 Å². The summed E-state index contributed by atoms with van der Waals surface area (Å²) in [5.74, 6) is 0.0638. The number of amides is 1. The van der Waals surface area contributed by atoms with E-state index in [-0.39, 0.29) is 5.91 Å². The maximum absolute atomic E-state index is 13.1. The minimum Gasteiger partial charge on any atom is -0.378 e. The molecule has 142 valence electrons. The molecule has 1 saturated heterocycles. The van der Waals surface area contributed by atoms with Crippen LogP contribution in [0.5, 0.6) is 0 Å². The first-order valence-electron chi connectivity index (χ1n) is 10.1. The van der Waals surface area contributed by atoms with Gasteiger partial charge in [0.2, 0.25) is 0 Å². The van der Waals surface area contributed by atoms with E-state index in [1.807, 2.05) is 15.7 Å². The quantitative estimate of drug-likeness (QED) is 0.817. The Morgan fingerprint density at radius 2 is 2.00 bits per heavy atom. The summed E-state index contributed by atoms with van der Waals surface area (Å²) in [6, 6.07) is 1.12. The van der Waals surface area contributed by atoms with Crippen LogP contribution in [0.3, 0.4) is 0 Å². The Bertz CT molecular complexity index is 657. The zero-order valence-corrected chi connectivity index (χ0v) is 15.6. The van der Waals surface area contributed by atoms with Crippen molar-refractivity contribution >= 4 is 5.91 Å². The number of nitrogens with zero attached hydrogens (tertiary/aromatic N) is 3. The maximum Gasteiger partial charge on any atom is 0.274 e. The van der Waals surface area contributed by atoms with E-state index < -0.39 is 0 Å². The average molecular weight is 358 g/mol. The SMILES string of the molecule is C=CCn1nc(C(=O)N2CCOCC2)c2c1CCC(NC1CCCC1)C2. The number of carbonyl (C=O) groups is 1. The molecule has 1 amide bonds. The molecule has 6 nitrogen and oxygen atoms in total. The van der Waals surface area contributed by atoms with Crippen molar-refractivity contribution in [2.24, 2.45) is 0 Å². The van der Waals surface area contributed by atoms with Crippen molar-refractivity contribution in [2.45, 2.75) is 63.6 Å². The molecule has 0 spiro atoms. The second kappa shape index (κ2) is 7.92. The molecule has 0 aromatic carbocycles. The Morgan fingerprint density at radius 3 is 2.73 bits per heavy atom. The number of hydrogen-bond acceptors (Lipinski definition) is 4. The predicted octanol–water partition coefficient (Wildman–Crippen LogP) is 1.93. The monoisotopic (exact) mass is 358 g/mol. The first kappa shape index (κ1) is 17.7. The van der Waals surface area contributed by atoms with Crippen LogP contribution in [0, 0.1) is 0 Å². The van der Waals surface area contributed by atoms with Crippen molar-refractivity contribution in [3.63, 3.8) is 0 Å². The first-order valence-corrected chi connectivity index (χ1v) is 10.1. The second-order valence-corrected chi connectivity index (χ2v) is 7.74. The van der Waals surface area contributed by atoms with Gasteiger partial charge in [0, 0.05) is 36.4 Å². The van der Waals surface area contributed by atoms with Gasteiger partial charge in [0.25, 0.3) is 5.91 Å². The third-order valence-corrected chi connectivity index (χ3v) is 5.98. The number of rotatable bonds is 5. The van der Waals surface area contributed by atoms with Crippen molar-refractivity contribution in [1.82, 2.24) is 20.0 Å². The lowest BCUT2D eigenvalue weighted by atomic mass is 9.90. The maximum atomic E-state index is 13.1. The largest absolute Gasteiger partial charge is 0.378 e. The standard InChI is InChI=1S/C20H30N4O2/c1-2-9-24-18-8-7-16(21-15-5-3-4-6-15)14-17(18)19(22-24)20(25)23-10-12-26-13-11-23/h2,15-16,21H,1,3-14H2. The van der Waals surface area contributed by atoms with Gasteiger partial charge in [-0.05, 0) is 32.1 Å². The van der Waals surface area contributed by atoms with Gasteiger partial charge in [0.15, 0.2) is 5.69 Å². The molecule has 2 heterocycles. The fraction of sp³-hybridized carbons (Fsp3) is 0.700. The van der Waals surface area contributed by atoms with Gasteiger partial charge < -0.3 is 15.0 Å². The number of carbonyl (C=O) groups excluding carboxylic acids is 1. The molecule has 3 aliphatic rings. The highest BCUT2D eigenvalue weighted by Gasteiger charge is 2.32. The summed E-state index contributed by atoms with van der Waals surface area (Å²) in [4.78, 5) is 15.0. The molecule has 1 saturated carbocycles. The van der Waals surface area contributed by atoms with E-state index in [2.05, 4.69) is 11.9 Å². The summed E-state index contributed by atoms with van der Waals surface area (Å²) in [5, 5.41) is 8.55. The fourth-order valence-corrected chi connectivity index (χ4v) is 4.62. The minimum absolute atomic E-state index is 0.0638. The lowest BCUT2D eigenvalue weighted by molar-refractivity contribution is 0.0297. The number of ether oxygens (including phenoxy) is 1. The normalized spacial score (nSPS) is 23.8. The summed E-state index contributed by atoms with van der Waals surface area (Å²) in [7, 11) is 0. The van der Waals surface area contributed by atoms with Gasteiger partial charge in [-0.15, -0.1) is 6.58 Å². The number of hydrogen-bond donors (Lipinski definition) is 1. The van der Waals surface area contributed by atoms with Crippen molar-refractivity contribution in [3.05, 3.63) is 29.6 Å². The fourth-order valence-electron chi connectivity index (χ4n) is 4.62. The van der Waals surface area contributed by atoms with E-state index in [1.54, 1.807) is 0 Å². The van der Waals surface area contributed by atoms with Crippen LogP contribution in [-0.2, 0) is 24.1 Å². The van der Waals surface area contributed by atoms with E-state index in [0.717, 1.165) is 24.8 Å². The van der Waals surface area contributed by atoms with Gasteiger partial charge >= 0.3 is 0 Å². The Hall–Kier alpha value is -1.66. The van der Waals surface area contributed by atoms with Crippen LogP contribution in [0.1, 0.15) is 53.8 Å². The number of morpholine rings is 1. The van der Waals surface area contributed by atoms with Crippen molar-refractivity contribution < 1.29 is 9.53 Å². The number of nitrogens with one attached hydrogen (secondary N) is 1.